The number of H-pyrrole nitrogens is 1. The number of hydrogen-bond acceptors (Lipinski definition) is 4. The van der Waals surface area contributed by atoms with Crippen molar-refractivity contribution in [2.45, 2.75) is 33.7 Å². The topological polar surface area (TPSA) is 79.2 Å². The van der Waals surface area contributed by atoms with E-state index in [1.165, 1.54) is 0 Å². The van der Waals surface area contributed by atoms with Crippen LogP contribution < -0.4 is 5.56 Å². The van der Waals surface area contributed by atoms with Gasteiger partial charge in [0.2, 0.25) is 5.91 Å². The van der Waals surface area contributed by atoms with E-state index in [0.29, 0.717) is 23.3 Å². The average molecular weight is 389 g/mol. The number of benzene rings is 2. The fourth-order valence-corrected chi connectivity index (χ4v) is 3.51. The van der Waals surface area contributed by atoms with Crippen molar-refractivity contribution in [1.29, 1.82) is 0 Å². The minimum Gasteiger partial charge on any atom is -0.464 e. The number of aromatic amines is 1. The lowest BCUT2D eigenvalue weighted by atomic mass is 10.0. The zero-order valence-electron chi connectivity index (χ0n) is 16.8. The van der Waals surface area contributed by atoms with Crippen LogP contribution in [0.4, 0.5) is 0 Å². The molecule has 0 aliphatic rings. The standard InChI is InChI=1S/C23H23N3O3/c1-4-26(12-21-24-19-8-6-5-7-17(19)23(28)25-21)22(27)11-16-13-29-20-10-15(3)14(2)9-18(16)20/h5-10,13H,4,11-12H2,1-3H3,(H,24,25,28). The van der Waals surface area contributed by atoms with Crippen LogP contribution in [-0.2, 0) is 17.8 Å². The number of fused-ring (bicyclic) bond motifs is 2. The minimum atomic E-state index is -0.194. The van der Waals surface area contributed by atoms with E-state index in [0.717, 1.165) is 27.7 Å². The Morgan fingerprint density at radius 3 is 2.69 bits per heavy atom. The van der Waals surface area contributed by atoms with Gasteiger partial charge >= 0.3 is 0 Å². The summed E-state index contributed by atoms with van der Waals surface area (Å²) in [7, 11) is 0. The molecule has 0 aliphatic carbocycles. The third-order valence-electron chi connectivity index (χ3n) is 5.35. The van der Waals surface area contributed by atoms with Gasteiger partial charge in [-0.1, -0.05) is 12.1 Å². The maximum atomic E-state index is 13.0. The van der Waals surface area contributed by atoms with E-state index in [9.17, 15) is 9.59 Å². The van der Waals surface area contributed by atoms with Crippen molar-refractivity contribution in [1.82, 2.24) is 14.9 Å². The Labute approximate surface area is 168 Å². The van der Waals surface area contributed by atoms with Crippen molar-refractivity contribution >= 4 is 27.8 Å². The van der Waals surface area contributed by atoms with Crippen LogP contribution in [0.5, 0.6) is 0 Å². The van der Waals surface area contributed by atoms with Crippen molar-refractivity contribution in [2.24, 2.45) is 0 Å². The van der Waals surface area contributed by atoms with E-state index in [4.69, 9.17) is 4.42 Å². The molecule has 0 saturated heterocycles. The second-order valence-corrected chi connectivity index (χ2v) is 7.31. The molecule has 0 fully saturated rings. The van der Waals surface area contributed by atoms with E-state index >= 15 is 0 Å². The lowest BCUT2D eigenvalue weighted by Crippen LogP contribution is -2.33. The van der Waals surface area contributed by atoms with Crippen LogP contribution in [0.15, 0.2) is 51.9 Å². The van der Waals surface area contributed by atoms with E-state index in [-0.39, 0.29) is 24.4 Å². The Morgan fingerprint density at radius 2 is 1.90 bits per heavy atom. The van der Waals surface area contributed by atoms with Crippen molar-refractivity contribution in [3.8, 4) is 0 Å². The predicted octanol–water partition coefficient (Wildman–Crippen LogP) is 3.88. The molecule has 2 aromatic carbocycles. The SMILES string of the molecule is CCN(Cc1nc2ccccc2c(=O)[nH]1)C(=O)Cc1coc2cc(C)c(C)cc12. The second kappa shape index (κ2) is 7.54. The van der Waals surface area contributed by atoms with E-state index in [1.807, 2.05) is 32.9 Å². The number of nitrogens with zero attached hydrogens (tertiary/aromatic N) is 2. The van der Waals surface area contributed by atoms with Crippen molar-refractivity contribution in [3.63, 3.8) is 0 Å². The first-order chi connectivity index (χ1) is 14.0. The van der Waals surface area contributed by atoms with Gasteiger partial charge in [0.15, 0.2) is 0 Å². The van der Waals surface area contributed by atoms with Gasteiger partial charge in [0.1, 0.15) is 11.4 Å². The number of amides is 1. The molecule has 0 atom stereocenters. The van der Waals surface area contributed by atoms with Crippen LogP contribution in [-0.4, -0.2) is 27.3 Å². The van der Waals surface area contributed by atoms with Gasteiger partial charge in [-0.3, -0.25) is 9.59 Å². The van der Waals surface area contributed by atoms with E-state index in [2.05, 4.69) is 16.0 Å². The molecule has 1 amide bonds. The highest BCUT2D eigenvalue weighted by molar-refractivity contribution is 5.88. The Kier molecular flexibility index (Phi) is 4.92. The molecule has 0 bridgehead atoms. The number of carbonyl (C=O) groups is 1. The van der Waals surface area contributed by atoms with Crippen molar-refractivity contribution in [3.05, 3.63) is 75.5 Å². The summed E-state index contributed by atoms with van der Waals surface area (Å²) in [5.74, 6) is 0.441. The third kappa shape index (κ3) is 3.66. The summed E-state index contributed by atoms with van der Waals surface area (Å²) in [6.07, 6.45) is 1.90. The average Bonchev–Trinajstić information content (AvgIpc) is 3.08. The second-order valence-electron chi connectivity index (χ2n) is 7.31. The molecule has 148 valence electrons. The molecule has 2 heterocycles. The van der Waals surface area contributed by atoms with E-state index in [1.54, 1.807) is 29.4 Å². The first kappa shape index (κ1) is 18.9. The zero-order chi connectivity index (χ0) is 20.5. The largest absolute Gasteiger partial charge is 0.464 e. The molecule has 29 heavy (non-hydrogen) atoms. The van der Waals surface area contributed by atoms with Gasteiger partial charge in [-0.15, -0.1) is 0 Å². The minimum absolute atomic E-state index is 0.0377. The number of furan rings is 1. The summed E-state index contributed by atoms with van der Waals surface area (Å²) in [5, 5.41) is 1.51. The van der Waals surface area contributed by atoms with Crippen LogP contribution in [0.25, 0.3) is 21.9 Å². The van der Waals surface area contributed by atoms with Crippen LogP contribution in [0.3, 0.4) is 0 Å². The molecule has 4 aromatic rings. The number of nitrogens with one attached hydrogen (secondary N) is 1. The highest BCUT2D eigenvalue weighted by Crippen LogP contribution is 2.25. The summed E-state index contributed by atoms with van der Waals surface area (Å²) in [6.45, 7) is 6.77. The molecule has 1 N–H and O–H groups in total. The maximum absolute atomic E-state index is 13.0. The third-order valence-corrected chi connectivity index (χ3v) is 5.35. The Bertz CT molecular complexity index is 1270. The molecule has 0 radical (unpaired) electrons. The summed E-state index contributed by atoms with van der Waals surface area (Å²) in [6, 6.07) is 11.2. The summed E-state index contributed by atoms with van der Waals surface area (Å²) >= 11 is 0. The molecule has 6 nitrogen and oxygen atoms in total. The Balaban J connectivity index is 1.58. The Hall–Kier alpha value is -3.41. The first-order valence-electron chi connectivity index (χ1n) is 9.69. The molecule has 2 aromatic heterocycles. The fraction of sp³-hybridized carbons (Fsp3) is 0.261. The zero-order valence-corrected chi connectivity index (χ0v) is 16.8. The van der Waals surface area contributed by atoms with Gasteiger partial charge in [-0.2, -0.15) is 0 Å². The molecule has 0 unspecified atom stereocenters. The summed E-state index contributed by atoms with van der Waals surface area (Å²) < 4.78 is 5.65. The highest BCUT2D eigenvalue weighted by Gasteiger charge is 2.18. The summed E-state index contributed by atoms with van der Waals surface area (Å²) in [4.78, 5) is 34.2. The molecule has 6 heteroatoms. The molecule has 0 aliphatic heterocycles. The van der Waals surface area contributed by atoms with Crippen LogP contribution in [0.2, 0.25) is 0 Å². The molecule has 0 spiro atoms. The monoisotopic (exact) mass is 389 g/mol. The summed E-state index contributed by atoms with van der Waals surface area (Å²) in [5.41, 5.74) is 4.41. The number of aromatic nitrogens is 2. The maximum Gasteiger partial charge on any atom is 0.258 e. The smallest absolute Gasteiger partial charge is 0.258 e. The number of hydrogen-bond donors (Lipinski definition) is 1. The molecule has 0 saturated carbocycles. The number of para-hydroxylation sites is 1. The normalized spacial score (nSPS) is 11.3. The Morgan fingerprint density at radius 1 is 1.14 bits per heavy atom. The molecular formula is C23H23N3O3. The number of likely N-dealkylation sites (N-methyl/N-ethyl adjacent to an activating group) is 1. The highest BCUT2D eigenvalue weighted by atomic mass is 16.3. The van der Waals surface area contributed by atoms with Gasteiger partial charge in [-0.05, 0) is 56.2 Å². The number of aryl methyl sites for hydroxylation is 2. The predicted molar refractivity (Wildman–Crippen MR) is 113 cm³/mol. The van der Waals surface area contributed by atoms with Gasteiger partial charge in [0, 0.05) is 17.5 Å². The van der Waals surface area contributed by atoms with Crippen LogP contribution >= 0.6 is 0 Å². The van der Waals surface area contributed by atoms with Crippen LogP contribution in [0.1, 0.15) is 29.4 Å². The number of rotatable bonds is 5. The van der Waals surface area contributed by atoms with E-state index < -0.39 is 0 Å². The molecular weight excluding hydrogens is 366 g/mol. The lowest BCUT2D eigenvalue weighted by molar-refractivity contribution is -0.131. The number of carbonyl (C=O) groups excluding carboxylic acids is 1. The van der Waals surface area contributed by atoms with Gasteiger partial charge in [0.25, 0.3) is 5.56 Å². The quantitative estimate of drug-likeness (QED) is 0.562. The fourth-order valence-electron chi connectivity index (χ4n) is 3.51. The van der Waals surface area contributed by atoms with Crippen molar-refractivity contribution < 1.29 is 9.21 Å². The van der Waals surface area contributed by atoms with Crippen molar-refractivity contribution in [2.75, 3.05) is 6.54 Å². The lowest BCUT2D eigenvalue weighted by Gasteiger charge is -2.20. The van der Waals surface area contributed by atoms with Gasteiger partial charge < -0.3 is 14.3 Å². The van der Waals surface area contributed by atoms with Gasteiger partial charge in [-0.25, -0.2) is 4.98 Å². The van der Waals surface area contributed by atoms with Gasteiger partial charge in [0.05, 0.1) is 30.1 Å². The first-order valence-corrected chi connectivity index (χ1v) is 9.69. The molecule has 4 rings (SSSR count). The van der Waals surface area contributed by atoms with Crippen LogP contribution in [0, 0.1) is 13.8 Å².